The zero-order valence-electron chi connectivity index (χ0n) is 15.1. The lowest BCUT2D eigenvalue weighted by molar-refractivity contribution is -0.141. The number of rotatable bonds is 7. The third-order valence-corrected chi connectivity index (χ3v) is 4.37. The first-order chi connectivity index (χ1) is 13.0. The molecule has 0 aliphatic carbocycles. The van der Waals surface area contributed by atoms with Gasteiger partial charge in [0, 0.05) is 0 Å². The molecule has 1 aliphatic heterocycles. The number of hydrogen-bond donors (Lipinski definition) is 2. The summed E-state index contributed by atoms with van der Waals surface area (Å²) in [4.78, 5) is 11.9. The van der Waals surface area contributed by atoms with E-state index in [9.17, 15) is 15.0 Å². The Balaban J connectivity index is 2.03. The predicted octanol–water partition coefficient (Wildman–Crippen LogP) is 2.34. The highest BCUT2D eigenvalue weighted by atomic mass is 16.7. The Morgan fingerprint density at radius 2 is 1.59 bits per heavy atom. The van der Waals surface area contributed by atoms with E-state index in [0.29, 0.717) is 39.9 Å². The van der Waals surface area contributed by atoms with Gasteiger partial charge in [0.25, 0.3) is 0 Å². The van der Waals surface area contributed by atoms with Crippen molar-refractivity contribution in [3.63, 3.8) is 0 Å². The molecular formula is C19H20O8. The van der Waals surface area contributed by atoms with Crippen molar-refractivity contribution < 1.29 is 38.7 Å². The molecule has 2 aromatic rings. The lowest BCUT2D eigenvalue weighted by Gasteiger charge is -2.22. The fourth-order valence-corrected chi connectivity index (χ4v) is 3.03. The van der Waals surface area contributed by atoms with E-state index in [4.69, 9.17) is 23.7 Å². The molecule has 0 saturated heterocycles. The molecule has 2 atom stereocenters. The first-order valence-corrected chi connectivity index (χ1v) is 8.10. The van der Waals surface area contributed by atoms with Gasteiger partial charge in [0.2, 0.25) is 12.5 Å². The first-order valence-electron chi connectivity index (χ1n) is 8.10. The van der Waals surface area contributed by atoms with E-state index in [2.05, 4.69) is 0 Å². The second-order valence-electron chi connectivity index (χ2n) is 5.83. The Morgan fingerprint density at radius 3 is 2.15 bits per heavy atom. The summed E-state index contributed by atoms with van der Waals surface area (Å²) >= 11 is 0. The summed E-state index contributed by atoms with van der Waals surface area (Å²) in [5, 5.41) is 20.6. The zero-order valence-corrected chi connectivity index (χ0v) is 15.1. The van der Waals surface area contributed by atoms with Crippen molar-refractivity contribution in [3.8, 4) is 28.7 Å². The standard InChI is InChI=1S/C19H20O8/c1-23-14-7-11(8-15(24-2)18(14)25-3)17(20)16(19(21)22)10-4-5-12-13(6-10)27-9-26-12/h4-8,16-17,20H,9H2,1-3H3,(H,21,22). The lowest BCUT2D eigenvalue weighted by atomic mass is 9.88. The highest BCUT2D eigenvalue weighted by molar-refractivity contribution is 5.78. The average Bonchev–Trinajstić information content (AvgIpc) is 3.14. The molecule has 0 saturated carbocycles. The molecule has 3 rings (SSSR count). The van der Waals surface area contributed by atoms with Gasteiger partial charge in [0.1, 0.15) is 5.92 Å². The molecule has 2 unspecified atom stereocenters. The molecular weight excluding hydrogens is 356 g/mol. The number of ether oxygens (including phenoxy) is 5. The van der Waals surface area contributed by atoms with Crippen LogP contribution in [0.1, 0.15) is 23.1 Å². The van der Waals surface area contributed by atoms with Gasteiger partial charge in [0.15, 0.2) is 23.0 Å². The monoisotopic (exact) mass is 376 g/mol. The number of carboxylic acid groups (broad SMARTS) is 1. The number of carbonyl (C=O) groups is 1. The van der Waals surface area contributed by atoms with Crippen LogP contribution in [-0.2, 0) is 4.79 Å². The molecule has 2 aromatic carbocycles. The quantitative estimate of drug-likeness (QED) is 0.759. The minimum absolute atomic E-state index is 0.0754. The van der Waals surface area contributed by atoms with Crippen molar-refractivity contribution in [3.05, 3.63) is 41.5 Å². The fraction of sp³-hybridized carbons (Fsp3) is 0.316. The molecule has 2 N–H and O–H groups in total. The summed E-state index contributed by atoms with van der Waals surface area (Å²) < 4.78 is 26.4. The summed E-state index contributed by atoms with van der Waals surface area (Å²) in [6.45, 7) is 0.0754. The largest absolute Gasteiger partial charge is 0.493 e. The molecule has 0 amide bonds. The van der Waals surface area contributed by atoms with Crippen LogP contribution in [0.5, 0.6) is 28.7 Å². The van der Waals surface area contributed by atoms with Crippen molar-refractivity contribution in [2.24, 2.45) is 0 Å². The van der Waals surface area contributed by atoms with Gasteiger partial charge < -0.3 is 33.9 Å². The Kier molecular flexibility index (Phi) is 5.27. The molecule has 0 bridgehead atoms. The van der Waals surface area contributed by atoms with Crippen LogP contribution < -0.4 is 23.7 Å². The maximum absolute atomic E-state index is 11.9. The Bertz CT molecular complexity index is 823. The Hall–Kier alpha value is -3.13. The molecule has 0 aromatic heterocycles. The number of methoxy groups -OCH3 is 3. The molecule has 0 radical (unpaired) electrons. The fourth-order valence-electron chi connectivity index (χ4n) is 3.03. The van der Waals surface area contributed by atoms with Gasteiger partial charge in [0.05, 0.1) is 27.4 Å². The van der Waals surface area contributed by atoms with Crippen LogP contribution in [0.3, 0.4) is 0 Å². The normalized spacial score (nSPS) is 14.4. The molecule has 8 heteroatoms. The van der Waals surface area contributed by atoms with Gasteiger partial charge in [-0.1, -0.05) is 6.07 Å². The van der Waals surface area contributed by atoms with Crippen molar-refractivity contribution >= 4 is 5.97 Å². The van der Waals surface area contributed by atoms with Crippen LogP contribution in [0.15, 0.2) is 30.3 Å². The van der Waals surface area contributed by atoms with Crippen molar-refractivity contribution in [2.75, 3.05) is 28.1 Å². The van der Waals surface area contributed by atoms with Crippen molar-refractivity contribution in [1.82, 2.24) is 0 Å². The number of aliphatic hydroxyl groups is 1. The Morgan fingerprint density at radius 1 is 0.963 bits per heavy atom. The molecule has 1 aliphatic rings. The van der Waals surface area contributed by atoms with E-state index in [1.165, 1.54) is 33.5 Å². The maximum Gasteiger partial charge on any atom is 0.314 e. The van der Waals surface area contributed by atoms with Gasteiger partial charge in [-0.2, -0.15) is 0 Å². The number of fused-ring (bicyclic) bond motifs is 1. The lowest BCUT2D eigenvalue weighted by Crippen LogP contribution is -2.20. The number of hydrogen-bond acceptors (Lipinski definition) is 7. The molecule has 8 nitrogen and oxygen atoms in total. The minimum Gasteiger partial charge on any atom is -0.493 e. The summed E-state index contributed by atoms with van der Waals surface area (Å²) in [5.41, 5.74) is 0.697. The number of carboxylic acids is 1. The number of aliphatic hydroxyl groups excluding tert-OH is 1. The summed E-state index contributed by atoms with van der Waals surface area (Å²) in [7, 11) is 4.35. The second-order valence-corrected chi connectivity index (χ2v) is 5.83. The minimum atomic E-state index is -1.36. The number of benzene rings is 2. The van der Waals surface area contributed by atoms with Crippen LogP contribution >= 0.6 is 0 Å². The number of aliphatic carboxylic acids is 1. The molecule has 27 heavy (non-hydrogen) atoms. The summed E-state index contributed by atoms with van der Waals surface area (Å²) in [5.74, 6) is -0.453. The maximum atomic E-state index is 11.9. The van der Waals surface area contributed by atoms with E-state index in [1.807, 2.05) is 0 Å². The topological polar surface area (TPSA) is 104 Å². The average molecular weight is 376 g/mol. The van der Waals surface area contributed by atoms with Crippen LogP contribution in [-0.4, -0.2) is 44.3 Å². The second kappa shape index (κ2) is 7.63. The van der Waals surface area contributed by atoms with Gasteiger partial charge in [-0.3, -0.25) is 4.79 Å². The first kappa shape index (κ1) is 18.7. The van der Waals surface area contributed by atoms with Gasteiger partial charge in [-0.05, 0) is 35.4 Å². The van der Waals surface area contributed by atoms with Crippen molar-refractivity contribution in [2.45, 2.75) is 12.0 Å². The predicted molar refractivity (Wildman–Crippen MR) is 94.0 cm³/mol. The van der Waals surface area contributed by atoms with E-state index in [-0.39, 0.29) is 6.79 Å². The van der Waals surface area contributed by atoms with Gasteiger partial charge >= 0.3 is 5.97 Å². The SMILES string of the molecule is COc1cc(C(O)C(C(=O)O)c2ccc3c(c2)OCO3)cc(OC)c1OC. The molecule has 0 spiro atoms. The Labute approximate surface area is 155 Å². The summed E-state index contributed by atoms with van der Waals surface area (Å²) in [6.07, 6.45) is -1.36. The van der Waals surface area contributed by atoms with Crippen LogP contribution in [0.2, 0.25) is 0 Å². The molecule has 1 heterocycles. The highest BCUT2D eigenvalue weighted by Crippen LogP contribution is 2.43. The van der Waals surface area contributed by atoms with E-state index in [1.54, 1.807) is 18.2 Å². The van der Waals surface area contributed by atoms with E-state index < -0.39 is 18.0 Å². The van der Waals surface area contributed by atoms with Crippen LogP contribution in [0.25, 0.3) is 0 Å². The van der Waals surface area contributed by atoms with E-state index in [0.717, 1.165) is 0 Å². The van der Waals surface area contributed by atoms with Gasteiger partial charge in [-0.15, -0.1) is 0 Å². The molecule has 144 valence electrons. The van der Waals surface area contributed by atoms with E-state index >= 15 is 0 Å². The zero-order chi connectivity index (χ0) is 19.6. The van der Waals surface area contributed by atoms with Crippen molar-refractivity contribution in [1.29, 1.82) is 0 Å². The molecule has 0 fully saturated rings. The smallest absolute Gasteiger partial charge is 0.314 e. The summed E-state index contributed by atoms with van der Waals surface area (Å²) in [6, 6.07) is 7.81. The van der Waals surface area contributed by atoms with Crippen LogP contribution in [0, 0.1) is 0 Å². The third kappa shape index (κ3) is 3.43. The van der Waals surface area contributed by atoms with Gasteiger partial charge in [-0.25, -0.2) is 0 Å². The highest BCUT2D eigenvalue weighted by Gasteiger charge is 2.32. The third-order valence-electron chi connectivity index (χ3n) is 4.37. The van der Waals surface area contributed by atoms with Crippen LogP contribution in [0.4, 0.5) is 0 Å².